The van der Waals surface area contributed by atoms with Crippen molar-refractivity contribution in [3.8, 4) is 78.7 Å². The van der Waals surface area contributed by atoms with Gasteiger partial charge >= 0.3 is 14.9 Å². The van der Waals surface area contributed by atoms with E-state index in [2.05, 4.69) is 164 Å². The normalized spacial score (nSPS) is 14.7. The number of hydrogen-bond acceptors (Lipinski definition) is 5. The summed E-state index contributed by atoms with van der Waals surface area (Å²) in [6.07, 6.45) is 0. The smallest absolute Gasteiger partial charge is 0.270 e. The highest BCUT2D eigenvalue weighted by atomic mass is 31.2. The molecule has 1 aromatic heterocycles. The molecule has 0 saturated heterocycles. The molecular formula is C81H57N7O2P2. The largest absolute Gasteiger partial charge is 0.301 e. The van der Waals surface area contributed by atoms with Crippen LogP contribution >= 0.6 is 14.9 Å². The first kappa shape index (κ1) is 55.8. The van der Waals surface area contributed by atoms with E-state index in [0.29, 0.717) is 28.1 Å². The Bertz CT molecular complexity index is 4970. The molecule has 11 heteroatoms. The van der Waals surface area contributed by atoms with E-state index < -0.39 is 14.9 Å². The molecule has 438 valence electrons. The lowest BCUT2D eigenvalue weighted by Gasteiger charge is -2.35. The number of hydrogen-bond donors (Lipinski definition) is 0. The van der Waals surface area contributed by atoms with Gasteiger partial charge in [-0.05, 0) is 154 Å². The third-order valence-electron chi connectivity index (χ3n) is 17.1. The lowest BCUT2D eigenvalue weighted by Crippen LogP contribution is -2.31. The Morgan fingerprint density at radius 1 is 0.196 bits per heavy atom. The fourth-order valence-corrected chi connectivity index (χ4v) is 19.0. The maximum atomic E-state index is 17.5. The van der Waals surface area contributed by atoms with Crippen LogP contribution in [0.2, 0.25) is 0 Å². The molecule has 0 bridgehead atoms. The number of rotatable bonds is 13. The summed E-state index contributed by atoms with van der Waals surface area (Å²) in [7, 11) is -7.85. The van der Waals surface area contributed by atoms with Crippen molar-refractivity contribution in [2.75, 3.05) is 18.7 Å². The van der Waals surface area contributed by atoms with E-state index in [1.54, 1.807) is 0 Å². The first-order valence-corrected chi connectivity index (χ1v) is 33.9. The summed E-state index contributed by atoms with van der Waals surface area (Å²) in [4.78, 5) is 15.6. The molecule has 0 aliphatic carbocycles. The molecule has 92 heavy (non-hydrogen) atoms. The number of benzene rings is 13. The van der Waals surface area contributed by atoms with Crippen LogP contribution in [0.15, 0.2) is 346 Å². The summed E-state index contributed by atoms with van der Waals surface area (Å²) in [5, 5.41) is 1.06. The number of aromatic nitrogens is 3. The Labute approximate surface area is 535 Å². The summed E-state index contributed by atoms with van der Waals surface area (Å²) in [6, 6.07) is 116. The maximum absolute atomic E-state index is 17.5. The molecular weight excluding hydrogens is 1160 g/mol. The number of nitrogens with zero attached hydrogens (tertiary/aromatic N) is 7. The van der Waals surface area contributed by atoms with Crippen molar-refractivity contribution in [3.05, 3.63) is 346 Å². The zero-order valence-corrected chi connectivity index (χ0v) is 51.5. The average molecular weight is 1220 g/mol. The quantitative estimate of drug-likeness (QED) is 0.105. The summed E-state index contributed by atoms with van der Waals surface area (Å²) >= 11 is 0. The average Bonchev–Trinajstić information content (AvgIpc) is 1.54. The highest BCUT2D eigenvalue weighted by Crippen LogP contribution is 2.72. The van der Waals surface area contributed by atoms with Gasteiger partial charge in [0, 0.05) is 39.4 Å². The Balaban J connectivity index is 0.780. The fourth-order valence-electron chi connectivity index (χ4n) is 12.8. The first-order valence-electron chi connectivity index (χ1n) is 30.6. The minimum absolute atomic E-state index is 0.526. The second-order valence-electron chi connectivity index (χ2n) is 22.7. The maximum Gasteiger partial charge on any atom is 0.301 e. The fraction of sp³-hybridized carbons (Fsp3) is 0. The van der Waals surface area contributed by atoms with Crippen molar-refractivity contribution in [2.24, 2.45) is 0 Å². The molecule has 13 aromatic carbocycles. The molecule has 0 radical (unpaired) electrons. The van der Waals surface area contributed by atoms with Crippen LogP contribution in [0.4, 0.5) is 45.5 Å². The standard InChI is InChI=1S/C81H57N7O2P2/c89-91(85(69-35-11-3-12-36-69)75-45-19-20-46-76(75)86(91)70-37-13-4-14-38-70)73-43-24-44-74(57-73)92(90)87(71-39-15-5-16-40-71)77-52-51-65(56-78(77)88(92)72-41-17-6-18-42-72)61-49-47-60(48-50-61)64-31-23-34-68(55-64)81-83-79(66-32-21-29-62(53-66)58-25-7-1-8-26-58)82-80(84-81)67-33-22-30-63(54-67)59-27-9-2-10-28-59/h1-57H. The van der Waals surface area contributed by atoms with Gasteiger partial charge in [-0.3, -0.25) is 27.8 Å². The molecule has 0 spiro atoms. The molecule has 16 rings (SSSR count). The van der Waals surface area contributed by atoms with E-state index in [1.165, 1.54) is 0 Å². The SMILES string of the molecule is O=P1(c2cccc(P3(=O)N(c4ccccc4)c4ccc(-c5ccc(-c6cccc(-c7nc(-c8cccc(-c9ccccc9)c8)nc(-c8cccc(-c9ccccc9)c8)n7)c6)cc5)cc4N3c3ccccc3)c2)N(c2ccccc2)c2ccccc2N1c1ccccc1. The third-order valence-corrected chi connectivity index (χ3v) is 23.0. The minimum Gasteiger partial charge on any atom is -0.270 e. The number of anilines is 8. The minimum atomic E-state index is -3.99. The number of fused-ring (bicyclic) bond motifs is 2. The van der Waals surface area contributed by atoms with Crippen molar-refractivity contribution in [3.63, 3.8) is 0 Å². The lowest BCUT2D eigenvalue weighted by molar-refractivity contribution is 0.582. The van der Waals surface area contributed by atoms with Gasteiger partial charge in [0.25, 0.3) is 0 Å². The van der Waals surface area contributed by atoms with Crippen LogP contribution in [-0.4, -0.2) is 15.0 Å². The molecule has 0 saturated carbocycles. The van der Waals surface area contributed by atoms with Gasteiger partial charge in [-0.15, -0.1) is 0 Å². The highest BCUT2D eigenvalue weighted by molar-refractivity contribution is 7.77. The van der Waals surface area contributed by atoms with E-state index in [0.717, 1.165) is 107 Å². The topological polar surface area (TPSA) is 85.8 Å². The van der Waals surface area contributed by atoms with Crippen LogP contribution in [0.5, 0.6) is 0 Å². The van der Waals surface area contributed by atoms with Gasteiger partial charge in [0.15, 0.2) is 17.5 Å². The molecule has 9 nitrogen and oxygen atoms in total. The molecule has 2 aliphatic rings. The van der Waals surface area contributed by atoms with Crippen LogP contribution in [0.1, 0.15) is 0 Å². The molecule has 2 aliphatic heterocycles. The zero-order chi connectivity index (χ0) is 61.6. The van der Waals surface area contributed by atoms with Crippen LogP contribution < -0.4 is 29.3 Å². The molecule has 1 unspecified atom stereocenters. The Morgan fingerprint density at radius 3 is 0.804 bits per heavy atom. The predicted octanol–water partition coefficient (Wildman–Crippen LogP) is 21.2. The second kappa shape index (κ2) is 23.5. The molecule has 0 N–H and O–H groups in total. The van der Waals surface area contributed by atoms with E-state index in [1.807, 2.05) is 201 Å². The van der Waals surface area contributed by atoms with Gasteiger partial charge in [0.2, 0.25) is 0 Å². The van der Waals surface area contributed by atoms with E-state index in [9.17, 15) is 0 Å². The van der Waals surface area contributed by atoms with Crippen LogP contribution in [0, 0.1) is 0 Å². The van der Waals surface area contributed by atoms with Gasteiger partial charge in [-0.1, -0.05) is 237 Å². The Morgan fingerprint density at radius 2 is 0.446 bits per heavy atom. The molecule has 0 amide bonds. The van der Waals surface area contributed by atoms with Gasteiger partial charge in [0.1, 0.15) is 0 Å². The zero-order valence-electron chi connectivity index (χ0n) is 49.8. The third kappa shape index (κ3) is 9.88. The summed E-state index contributed by atoms with van der Waals surface area (Å²) < 4.78 is 42.6. The summed E-state index contributed by atoms with van der Waals surface area (Å²) in [5.74, 6) is 1.73. The first-order chi connectivity index (χ1) is 45.4. The molecule has 3 heterocycles. The monoisotopic (exact) mass is 1220 g/mol. The summed E-state index contributed by atoms with van der Waals surface area (Å²) in [5.41, 5.74) is 17.2. The van der Waals surface area contributed by atoms with Gasteiger partial charge in [-0.2, -0.15) is 0 Å². The second-order valence-corrected chi connectivity index (χ2v) is 27.6. The van der Waals surface area contributed by atoms with Crippen molar-refractivity contribution in [1.29, 1.82) is 0 Å². The molecule has 14 aromatic rings. The van der Waals surface area contributed by atoms with Gasteiger partial charge < -0.3 is 0 Å². The van der Waals surface area contributed by atoms with E-state index >= 15 is 9.13 Å². The van der Waals surface area contributed by atoms with Gasteiger partial charge in [-0.25, -0.2) is 15.0 Å². The Hall–Kier alpha value is -11.5. The lowest BCUT2D eigenvalue weighted by atomic mass is 9.98. The van der Waals surface area contributed by atoms with Crippen LogP contribution in [-0.2, 0) is 9.13 Å². The summed E-state index contributed by atoms with van der Waals surface area (Å²) in [6.45, 7) is 0. The van der Waals surface area contributed by atoms with Crippen LogP contribution in [0.25, 0.3) is 78.7 Å². The van der Waals surface area contributed by atoms with Gasteiger partial charge in [0.05, 0.1) is 33.4 Å². The van der Waals surface area contributed by atoms with Crippen LogP contribution in [0.3, 0.4) is 0 Å². The van der Waals surface area contributed by atoms with Crippen molar-refractivity contribution >= 4 is 71.0 Å². The van der Waals surface area contributed by atoms with E-state index in [-0.39, 0.29) is 0 Å². The number of para-hydroxylation sites is 6. The predicted molar refractivity (Wildman–Crippen MR) is 380 cm³/mol. The highest BCUT2D eigenvalue weighted by Gasteiger charge is 2.52. The Kier molecular flexibility index (Phi) is 14.2. The van der Waals surface area contributed by atoms with Crippen molar-refractivity contribution in [1.82, 2.24) is 15.0 Å². The molecule has 0 fully saturated rings. The van der Waals surface area contributed by atoms with Crippen molar-refractivity contribution in [2.45, 2.75) is 0 Å². The molecule has 1 atom stereocenters. The van der Waals surface area contributed by atoms with E-state index in [4.69, 9.17) is 15.0 Å². The van der Waals surface area contributed by atoms with Crippen molar-refractivity contribution < 1.29 is 9.13 Å².